The molecule has 1 saturated heterocycles. The minimum atomic E-state index is -0.480. The van der Waals surface area contributed by atoms with Gasteiger partial charge in [0.05, 0.1) is 18.3 Å². The Hall–Kier alpha value is -3.02. The van der Waals surface area contributed by atoms with Gasteiger partial charge >= 0.3 is 5.97 Å². The third kappa shape index (κ3) is 2.47. The first-order valence-electron chi connectivity index (χ1n) is 9.21. The number of para-hydroxylation sites is 1. The van der Waals surface area contributed by atoms with Gasteiger partial charge in [0.15, 0.2) is 5.75 Å². The number of carbonyl (C=O) groups excluding carboxylic acids is 3. The zero-order valence-corrected chi connectivity index (χ0v) is 14.6. The van der Waals surface area contributed by atoms with E-state index in [1.165, 1.54) is 4.90 Å². The number of benzene rings is 1. The highest BCUT2D eigenvalue weighted by molar-refractivity contribution is 6.06. The van der Waals surface area contributed by atoms with E-state index in [1.54, 1.807) is 18.3 Å². The van der Waals surface area contributed by atoms with E-state index in [1.807, 2.05) is 18.2 Å². The van der Waals surface area contributed by atoms with Crippen LogP contribution in [-0.4, -0.2) is 34.2 Å². The second-order valence-electron chi connectivity index (χ2n) is 7.38. The molecule has 0 unspecified atom stereocenters. The molecule has 27 heavy (non-hydrogen) atoms. The molecule has 2 bridgehead atoms. The maximum atomic E-state index is 12.6. The second kappa shape index (κ2) is 6.01. The number of amides is 2. The fourth-order valence-electron chi connectivity index (χ4n) is 4.72. The third-order valence-electron chi connectivity index (χ3n) is 5.92. The third-order valence-corrected chi connectivity index (χ3v) is 5.92. The minimum Gasteiger partial charge on any atom is -0.424 e. The molecule has 1 aromatic heterocycles. The molecule has 6 heteroatoms. The molecule has 0 radical (unpaired) electrons. The number of aromatic nitrogens is 1. The summed E-state index contributed by atoms with van der Waals surface area (Å²) in [7, 11) is 0. The smallest absolute Gasteiger partial charge is 0.313 e. The van der Waals surface area contributed by atoms with Gasteiger partial charge < -0.3 is 4.74 Å². The van der Waals surface area contributed by atoms with Gasteiger partial charge in [-0.1, -0.05) is 30.4 Å². The van der Waals surface area contributed by atoms with Gasteiger partial charge in [0, 0.05) is 18.1 Å². The zero-order chi connectivity index (χ0) is 18.5. The number of nitrogens with zero attached hydrogens (tertiary/aromatic N) is 2. The van der Waals surface area contributed by atoms with Gasteiger partial charge in [-0.3, -0.25) is 24.3 Å². The van der Waals surface area contributed by atoms with Gasteiger partial charge in [0.1, 0.15) is 5.52 Å². The summed E-state index contributed by atoms with van der Waals surface area (Å²) in [6.45, 7) is 0.0706. The van der Waals surface area contributed by atoms with Gasteiger partial charge in [0.2, 0.25) is 11.8 Å². The van der Waals surface area contributed by atoms with Crippen LogP contribution in [0.5, 0.6) is 5.75 Å². The first-order valence-corrected chi connectivity index (χ1v) is 9.21. The second-order valence-corrected chi connectivity index (χ2v) is 7.38. The zero-order valence-electron chi connectivity index (χ0n) is 14.6. The van der Waals surface area contributed by atoms with Gasteiger partial charge in [-0.15, -0.1) is 0 Å². The molecule has 4 atom stereocenters. The highest BCUT2D eigenvalue weighted by atomic mass is 16.5. The van der Waals surface area contributed by atoms with Crippen LogP contribution < -0.4 is 4.74 Å². The lowest BCUT2D eigenvalue weighted by Crippen LogP contribution is -2.35. The van der Waals surface area contributed by atoms with Crippen molar-refractivity contribution in [2.75, 3.05) is 6.54 Å². The number of ether oxygens (including phenoxy) is 1. The Kier molecular flexibility index (Phi) is 3.60. The van der Waals surface area contributed by atoms with Gasteiger partial charge in [-0.25, -0.2) is 0 Å². The summed E-state index contributed by atoms with van der Waals surface area (Å²) in [6, 6.07) is 9.08. The molecule has 2 aliphatic carbocycles. The molecule has 1 aliphatic heterocycles. The fourth-order valence-corrected chi connectivity index (χ4v) is 4.72. The number of hydrogen-bond donors (Lipinski definition) is 0. The molecular weight excluding hydrogens is 344 g/mol. The molecule has 1 saturated carbocycles. The molecule has 6 nitrogen and oxygen atoms in total. The topological polar surface area (TPSA) is 76.6 Å². The highest BCUT2D eigenvalue weighted by Crippen LogP contribution is 2.52. The van der Waals surface area contributed by atoms with Crippen molar-refractivity contribution in [3.8, 4) is 5.75 Å². The summed E-state index contributed by atoms with van der Waals surface area (Å²) in [6.07, 6.45) is 6.63. The fraction of sp³-hybridized carbons (Fsp3) is 0.333. The highest BCUT2D eigenvalue weighted by Gasteiger charge is 2.59. The van der Waals surface area contributed by atoms with Crippen molar-refractivity contribution in [2.24, 2.45) is 23.7 Å². The summed E-state index contributed by atoms with van der Waals surface area (Å²) in [4.78, 5) is 43.1. The van der Waals surface area contributed by atoms with Crippen LogP contribution >= 0.6 is 0 Å². The molecule has 2 aromatic rings. The van der Waals surface area contributed by atoms with E-state index in [0.29, 0.717) is 11.3 Å². The minimum absolute atomic E-state index is 0.0249. The number of esters is 1. The number of pyridine rings is 1. The summed E-state index contributed by atoms with van der Waals surface area (Å²) in [5.41, 5.74) is 0.610. The number of hydrogen-bond acceptors (Lipinski definition) is 5. The normalized spacial score (nSPS) is 28.2. The lowest BCUT2D eigenvalue weighted by atomic mass is 9.85. The van der Waals surface area contributed by atoms with Crippen molar-refractivity contribution in [1.82, 2.24) is 9.88 Å². The van der Waals surface area contributed by atoms with Crippen molar-refractivity contribution >= 4 is 28.7 Å². The molecule has 2 heterocycles. The molecule has 3 aliphatic rings. The van der Waals surface area contributed by atoms with E-state index in [4.69, 9.17) is 4.74 Å². The van der Waals surface area contributed by atoms with E-state index in [-0.39, 0.29) is 48.5 Å². The number of allylic oxidation sites excluding steroid dienone is 2. The summed E-state index contributed by atoms with van der Waals surface area (Å²) < 4.78 is 5.44. The van der Waals surface area contributed by atoms with Crippen LogP contribution in [0.25, 0.3) is 10.9 Å². The number of imide groups is 1. The maximum absolute atomic E-state index is 12.6. The van der Waals surface area contributed by atoms with Crippen LogP contribution in [0.3, 0.4) is 0 Å². The number of fused-ring (bicyclic) bond motifs is 6. The van der Waals surface area contributed by atoms with Crippen molar-refractivity contribution in [2.45, 2.75) is 12.8 Å². The molecular formula is C21H18N2O4. The Labute approximate surface area is 155 Å². The lowest BCUT2D eigenvalue weighted by molar-refractivity contribution is -0.142. The number of carbonyl (C=O) groups is 3. The summed E-state index contributed by atoms with van der Waals surface area (Å²) in [5.74, 6) is -0.479. The molecule has 1 aromatic carbocycles. The lowest BCUT2D eigenvalue weighted by Gasteiger charge is -2.16. The molecule has 5 rings (SSSR count). The van der Waals surface area contributed by atoms with Crippen LogP contribution in [0, 0.1) is 23.7 Å². The molecule has 2 amide bonds. The SMILES string of the molecule is O=C(CCN1C(=O)[C@@H]2[C@H](C1=O)[C@@H]1C=C[C@H]2C1)Oc1cccc2cccnc12. The number of rotatable bonds is 4. The first-order chi connectivity index (χ1) is 13.1. The van der Waals surface area contributed by atoms with Crippen molar-refractivity contribution in [3.63, 3.8) is 0 Å². The largest absolute Gasteiger partial charge is 0.424 e. The van der Waals surface area contributed by atoms with Crippen LogP contribution in [0.1, 0.15) is 12.8 Å². The van der Waals surface area contributed by atoms with Crippen molar-refractivity contribution in [3.05, 3.63) is 48.7 Å². The van der Waals surface area contributed by atoms with Crippen LogP contribution in [0.15, 0.2) is 48.7 Å². The average molecular weight is 362 g/mol. The Morgan fingerprint density at radius 1 is 1.07 bits per heavy atom. The standard InChI is InChI=1S/C21H18N2O4/c24-16(27-15-5-1-3-12-4-2-9-22-19(12)15)8-10-23-20(25)17-13-6-7-14(11-13)18(17)21(23)26/h1-7,9,13-14,17-18H,8,10-11H2/t13-,14+,17-,18+. The quantitative estimate of drug-likeness (QED) is 0.361. The van der Waals surface area contributed by atoms with E-state index < -0.39 is 5.97 Å². The van der Waals surface area contributed by atoms with Gasteiger partial charge in [-0.05, 0) is 30.4 Å². The first kappa shape index (κ1) is 16.2. The monoisotopic (exact) mass is 362 g/mol. The van der Waals surface area contributed by atoms with E-state index in [9.17, 15) is 14.4 Å². The van der Waals surface area contributed by atoms with E-state index in [0.717, 1.165) is 11.8 Å². The van der Waals surface area contributed by atoms with Crippen LogP contribution in [0.2, 0.25) is 0 Å². The Bertz CT molecular complexity index is 963. The Morgan fingerprint density at radius 3 is 2.52 bits per heavy atom. The molecule has 0 N–H and O–H groups in total. The Morgan fingerprint density at radius 2 is 1.78 bits per heavy atom. The van der Waals surface area contributed by atoms with Crippen LogP contribution in [0.4, 0.5) is 0 Å². The number of likely N-dealkylation sites (tertiary alicyclic amines) is 1. The maximum Gasteiger partial charge on any atom is 0.313 e. The van der Waals surface area contributed by atoms with E-state index >= 15 is 0 Å². The van der Waals surface area contributed by atoms with Crippen molar-refractivity contribution in [1.29, 1.82) is 0 Å². The Balaban J connectivity index is 1.26. The predicted molar refractivity (Wildman–Crippen MR) is 96.4 cm³/mol. The predicted octanol–water partition coefficient (Wildman–Crippen LogP) is 2.34. The molecule has 2 fully saturated rings. The summed E-state index contributed by atoms with van der Waals surface area (Å²) >= 11 is 0. The van der Waals surface area contributed by atoms with Crippen LogP contribution in [-0.2, 0) is 14.4 Å². The van der Waals surface area contributed by atoms with Gasteiger partial charge in [0.25, 0.3) is 0 Å². The summed E-state index contributed by atoms with van der Waals surface area (Å²) in [5, 5.41) is 0.878. The van der Waals surface area contributed by atoms with Crippen molar-refractivity contribution < 1.29 is 19.1 Å². The average Bonchev–Trinajstić information content (AvgIpc) is 3.35. The molecule has 0 spiro atoms. The van der Waals surface area contributed by atoms with Gasteiger partial charge in [-0.2, -0.15) is 0 Å². The van der Waals surface area contributed by atoms with E-state index in [2.05, 4.69) is 17.1 Å². The molecule has 136 valence electrons.